The summed E-state index contributed by atoms with van der Waals surface area (Å²) in [7, 11) is 0. The Morgan fingerprint density at radius 3 is 2.76 bits per heavy atom. The molecule has 0 spiro atoms. The van der Waals surface area contributed by atoms with Gasteiger partial charge in [-0.1, -0.05) is 37.3 Å². The minimum Gasteiger partial charge on any atom is -0.298 e. The van der Waals surface area contributed by atoms with Crippen molar-refractivity contribution in [1.82, 2.24) is 9.80 Å². The third-order valence-electron chi connectivity index (χ3n) is 5.57. The highest BCUT2D eigenvalue weighted by molar-refractivity contribution is 5.14. The van der Waals surface area contributed by atoms with Crippen molar-refractivity contribution in [3.05, 3.63) is 35.9 Å². The van der Waals surface area contributed by atoms with Gasteiger partial charge in [0, 0.05) is 31.2 Å². The van der Waals surface area contributed by atoms with E-state index >= 15 is 0 Å². The van der Waals surface area contributed by atoms with E-state index < -0.39 is 0 Å². The molecule has 0 radical (unpaired) electrons. The monoisotopic (exact) mass is 286 g/mol. The van der Waals surface area contributed by atoms with E-state index in [0.29, 0.717) is 6.04 Å². The smallest absolute Gasteiger partial charge is 0.0224 e. The molecule has 2 aliphatic heterocycles. The molecule has 0 amide bonds. The number of fused-ring (bicyclic) bond motifs is 1. The van der Waals surface area contributed by atoms with Crippen LogP contribution in [0, 0.1) is 0 Å². The molecule has 3 unspecified atom stereocenters. The van der Waals surface area contributed by atoms with Crippen LogP contribution in [0.4, 0.5) is 0 Å². The maximum Gasteiger partial charge on any atom is 0.0224 e. The highest BCUT2D eigenvalue weighted by atomic mass is 15.3. The molecule has 116 valence electrons. The molecule has 3 atom stereocenters. The Morgan fingerprint density at radius 2 is 2.00 bits per heavy atom. The van der Waals surface area contributed by atoms with Gasteiger partial charge in [0.1, 0.15) is 0 Å². The van der Waals surface area contributed by atoms with E-state index in [0.717, 1.165) is 12.1 Å². The molecule has 1 aromatic carbocycles. The molecule has 2 heterocycles. The minimum absolute atomic E-state index is 0.706. The Hall–Kier alpha value is -0.860. The SMILES string of the molecule is CCC1CN2CCCC2CN1C(C)CCc1ccccc1. The van der Waals surface area contributed by atoms with Crippen LogP contribution in [0.2, 0.25) is 0 Å². The lowest BCUT2D eigenvalue weighted by Gasteiger charge is -2.46. The molecule has 1 aromatic rings. The van der Waals surface area contributed by atoms with Crippen LogP contribution in [0.15, 0.2) is 30.3 Å². The van der Waals surface area contributed by atoms with E-state index in [1.54, 1.807) is 0 Å². The van der Waals surface area contributed by atoms with Gasteiger partial charge in [0.15, 0.2) is 0 Å². The van der Waals surface area contributed by atoms with Gasteiger partial charge in [-0.2, -0.15) is 0 Å². The fourth-order valence-corrected chi connectivity index (χ4v) is 4.20. The third kappa shape index (κ3) is 3.49. The van der Waals surface area contributed by atoms with Gasteiger partial charge in [-0.05, 0) is 51.1 Å². The molecule has 2 saturated heterocycles. The van der Waals surface area contributed by atoms with Crippen LogP contribution in [-0.4, -0.2) is 47.6 Å². The van der Waals surface area contributed by atoms with Crippen LogP contribution in [0.25, 0.3) is 0 Å². The zero-order valence-electron chi connectivity index (χ0n) is 13.7. The second kappa shape index (κ2) is 6.93. The first-order valence-corrected chi connectivity index (χ1v) is 8.81. The molecule has 0 aromatic heterocycles. The normalized spacial score (nSPS) is 28.5. The second-order valence-electron chi connectivity index (χ2n) is 6.92. The molecular formula is C19H30N2. The number of benzene rings is 1. The van der Waals surface area contributed by atoms with E-state index in [9.17, 15) is 0 Å². The molecule has 0 N–H and O–H groups in total. The Labute approximate surface area is 130 Å². The van der Waals surface area contributed by atoms with Gasteiger partial charge in [-0.15, -0.1) is 0 Å². The van der Waals surface area contributed by atoms with Crippen molar-refractivity contribution >= 4 is 0 Å². The fourth-order valence-electron chi connectivity index (χ4n) is 4.20. The minimum atomic E-state index is 0.706. The zero-order valence-corrected chi connectivity index (χ0v) is 13.7. The van der Waals surface area contributed by atoms with Crippen molar-refractivity contribution in [3.63, 3.8) is 0 Å². The lowest BCUT2D eigenvalue weighted by molar-refractivity contribution is 0.0211. The van der Waals surface area contributed by atoms with Crippen LogP contribution in [0.5, 0.6) is 0 Å². The predicted molar refractivity (Wildman–Crippen MR) is 89.6 cm³/mol. The molecule has 2 nitrogen and oxygen atoms in total. The molecule has 2 fully saturated rings. The topological polar surface area (TPSA) is 6.48 Å². The molecular weight excluding hydrogens is 256 g/mol. The number of hydrogen-bond donors (Lipinski definition) is 0. The van der Waals surface area contributed by atoms with Gasteiger partial charge in [-0.3, -0.25) is 9.80 Å². The first kappa shape index (κ1) is 15.1. The number of piperazine rings is 1. The van der Waals surface area contributed by atoms with Gasteiger partial charge in [0.05, 0.1) is 0 Å². The number of rotatable bonds is 5. The highest BCUT2D eigenvalue weighted by Gasteiger charge is 2.36. The first-order valence-electron chi connectivity index (χ1n) is 8.81. The van der Waals surface area contributed by atoms with Crippen LogP contribution in [0.1, 0.15) is 45.1 Å². The average Bonchev–Trinajstić information content (AvgIpc) is 2.99. The van der Waals surface area contributed by atoms with Crippen LogP contribution in [0.3, 0.4) is 0 Å². The lowest BCUT2D eigenvalue weighted by Crippen LogP contribution is -2.58. The van der Waals surface area contributed by atoms with Crippen molar-refractivity contribution in [2.75, 3.05) is 19.6 Å². The summed E-state index contributed by atoms with van der Waals surface area (Å²) in [4.78, 5) is 5.56. The largest absolute Gasteiger partial charge is 0.298 e. The summed E-state index contributed by atoms with van der Waals surface area (Å²) in [5.41, 5.74) is 1.48. The van der Waals surface area contributed by atoms with Crippen molar-refractivity contribution < 1.29 is 0 Å². The molecule has 21 heavy (non-hydrogen) atoms. The van der Waals surface area contributed by atoms with Crippen molar-refractivity contribution in [3.8, 4) is 0 Å². The Balaban J connectivity index is 1.58. The van der Waals surface area contributed by atoms with Crippen LogP contribution < -0.4 is 0 Å². The first-order chi connectivity index (χ1) is 10.3. The Bertz CT molecular complexity index is 430. The third-order valence-corrected chi connectivity index (χ3v) is 5.57. The summed E-state index contributed by atoms with van der Waals surface area (Å²) in [6.45, 7) is 8.74. The summed E-state index contributed by atoms with van der Waals surface area (Å²) >= 11 is 0. The maximum atomic E-state index is 2.81. The number of aryl methyl sites for hydroxylation is 1. The summed E-state index contributed by atoms with van der Waals surface area (Å²) in [5.74, 6) is 0. The van der Waals surface area contributed by atoms with Gasteiger partial charge in [0.25, 0.3) is 0 Å². The van der Waals surface area contributed by atoms with Crippen molar-refractivity contribution in [1.29, 1.82) is 0 Å². The summed E-state index contributed by atoms with van der Waals surface area (Å²) in [6.07, 6.45) is 6.61. The predicted octanol–water partition coefficient (Wildman–Crippen LogP) is 3.57. The maximum absolute atomic E-state index is 2.81. The summed E-state index contributed by atoms with van der Waals surface area (Å²) in [6, 6.07) is 13.3. The lowest BCUT2D eigenvalue weighted by atomic mass is 9.99. The quantitative estimate of drug-likeness (QED) is 0.816. The van der Waals surface area contributed by atoms with E-state index in [1.165, 1.54) is 57.3 Å². The second-order valence-corrected chi connectivity index (χ2v) is 6.92. The zero-order chi connectivity index (χ0) is 14.7. The van der Waals surface area contributed by atoms with Gasteiger partial charge < -0.3 is 0 Å². The van der Waals surface area contributed by atoms with Crippen LogP contribution in [-0.2, 0) is 6.42 Å². The van der Waals surface area contributed by atoms with Crippen LogP contribution >= 0.6 is 0 Å². The Kier molecular flexibility index (Phi) is 4.97. The molecule has 3 rings (SSSR count). The summed E-state index contributed by atoms with van der Waals surface area (Å²) in [5, 5.41) is 0. The molecule has 0 bridgehead atoms. The molecule has 0 aliphatic carbocycles. The Morgan fingerprint density at radius 1 is 1.19 bits per heavy atom. The highest BCUT2D eigenvalue weighted by Crippen LogP contribution is 2.28. The van der Waals surface area contributed by atoms with E-state index in [-0.39, 0.29) is 0 Å². The van der Waals surface area contributed by atoms with E-state index in [2.05, 4.69) is 54.0 Å². The van der Waals surface area contributed by atoms with Gasteiger partial charge in [0.2, 0.25) is 0 Å². The molecule has 2 heteroatoms. The van der Waals surface area contributed by atoms with E-state index in [4.69, 9.17) is 0 Å². The van der Waals surface area contributed by atoms with Crippen molar-refractivity contribution in [2.24, 2.45) is 0 Å². The van der Waals surface area contributed by atoms with Crippen molar-refractivity contribution in [2.45, 2.75) is 64.1 Å². The number of nitrogens with zero attached hydrogens (tertiary/aromatic N) is 2. The summed E-state index contributed by atoms with van der Waals surface area (Å²) < 4.78 is 0. The molecule has 2 aliphatic rings. The number of hydrogen-bond acceptors (Lipinski definition) is 2. The average molecular weight is 286 g/mol. The molecule has 0 saturated carbocycles. The van der Waals surface area contributed by atoms with E-state index in [1.807, 2.05) is 0 Å². The standard InChI is InChI=1S/C19H30N2/c1-3-18-14-20-13-7-10-19(20)15-21(18)16(2)11-12-17-8-5-4-6-9-17/h4-6,8-9,16,18-19H,3,7,10-15H2,1-2H3. The fraction of sp³-hybridized carbons (Fsp3) is 0.684. The van der Waals surface area contributed by atoms with Gasteiger partial charge >= 0.3 is 0 Å². The van der Waals surface area contributed by atoms with Gasteiger partial charge in [-0.25, -0.2) is 0 Å².